The molecule has 168 valence electrons. The first-order valence-corrected chi connectivity index (χ1v) is 11.6. The van der Waals surface area contributed by atoms with E-state index in [1.165, 1.54) is 7.11 Å². The van der Waals surface area contributed by atoms with Gasteiger partial charge >= 0.3 is 5.97 Å². The van der Waals surface area contributed by atoms with E-state index in [1.54, 1.807) is 41.8 Å². The van der Waals surface area contributed by atoms with Crippen LogP contribution >= 0.6 is 22.9 Å². The van der Waals surface area contributed by atoms with Crippen molar-refractivity contribution in [2.24, 2.45) is 0 Å². The highest BCUT2D eigenvalue weighted by Crippen LogP contribution is 2.24. The number of piperazine rings is 1. The Hall–Kier alpha value is -2.75. The number of halogens is 1. The van der Waals surface area contributed by atoms with Crippen LogP contribution in [0.15, 0.2) is 40.6 Å². The van der Waals surface area contributed by atoms with E-state index in [0.29, 0.717) is 11.4 Å². The molecule has 0 saturated carbocycles. The van der Waals surface area contributed by atoms with Crippen LogP contribution in [0.2, 0.25) is 5.02 Å². The standard InChI is InChI=1S/C22H24ClN5O3S/c1-3-19-25-15(14-32-19)13-26-8-10-27(11-9-26)18-12-24-28(21(29)20(18)23)17-7-5-4-6-16(17)22(30)31-2/h4-7,12,14H,3,8-11,13H2,1-2H3. The number of nitrogens with zero attached hydrogens (tertiary/aromatic N) is 5. The molecule has 1 aliphatic rings. The van der Waals surface area contributed by atoms with Crippen molar-refractivity contribution in [1.29, 1.82) is 0 Å². The first-order valence-electron chi connectivity index (χ1n) is 10.4. The summed E-state index contributed by atoms with van der Waals surface area (Å²) in [6, 6.07) is 6.65. The van der Waals surface area contributed by atoms with E-state index < -0.39 is 11.5 Å². The van der Waals surface area contributed by atoms with Gasteiger partial charge in [-0.25, -0.2) is 9.78 Å². The molecular weight excluding hydrogens is 450 g/mol. The summed E-state index contributed by atoms with van der Waals surface area (Å²) >= 11 is 8.18. The molecule has 0 radical (unpaired) electrons. The van der Waals surface area contributed by atoms with Gasteiger partial charge in [0, 0.05) is 38.1 Å². The maximum Gasteiger partial charge on any atom is 0.340 e. The highest BCUT2D eigenvalue weighted by atomic mass is 35.5. The summed E-state index contributed by atoms with van der Waals surface area (Å²) in [6.07, 6.45) is 2.54. The Morgan fingerprint density at radius 2 is 1.94 bits per heavy atom. The number of carbonyl (C=O) groups is 1. The molecule has 32 heavy (non-hydrogen) atoms. The lowest BCUT2D eigenvalue weighted by atomic mass is 10.2. The van der Waals surface area contributed by atoms with Gasteiger partial charge in [-0.05, 0) is 18.6 Å². The monoisotopic (exact) mass is 473 g/mol. The zero-order chi connectivity index (χ0) is 22.7. The van der Waals surface area contributed by atoms with Crippen LogP contribution in [0, 0.1) is 0 Å². The highest BCUT2D eigenvalue weighted by molar-refractivity contribution is 7.09. The second kappa shape index (κ2) is 9.81. The number of thiazole rings is 1. The Labute approximate surface area is 195 Å². The summed E-state index contributed by atoms with van der Waals surface area (Å²) in [7, 11) is 1.29. The summed E-state index contributed by atoms with van der Waals surface area (Å²) < 4.78 is 5.96. The molecule has 0 bridgehead atoms. The van der Waals surface area contributed by atoms with Crippen LogP contribution in [-0.4, -0.2) is 58.9 Å². The van der Waals surface area contributed by atoms with Crippen LogP contribution in [0.25, 0.3) is 5.69 Å². The van der Waals surface area contributed by atoms with Gasteiger partial charge < -0.3 is 9.64 Å². The molecule has 1 aromatic carbocycles. The van der Waals surface area contributed by atoms with Gasteiger partial charge in [-0.15, -0.1) is 11.3 Å². The largest absolute Gasteiger partial charge is 0.465 e. The zero-order valence-electron chi connectivity index (χ0n) is 18.0. The lowest BCUT2D eigenvalue weighted by molar-refractivity contribution is 0.0600. The van der Waals surface area contributed by atoms with Crippen LogP contribution in [0.1, 0.15) is 28.0 Å². The second-order valence-corrected chi connectivity index (χ2v) is 8.74. The van der Waals surface area contributed by atoms with E-state index >= 15 is 0 Å². The number of hydrogen-bond donors (Lipinski definition) is 0. The van der Waals surface area contributed by atoms with Gasteiger partial charge in [0.25, 0.3) is 5.56 Å². The van der Waals surface area contributed by atoms with Crippen molar-refractivity contribution in [3.8, 4) is 5.69 Å². The Morgan fingerprint density at radius 1 is 1.19 bits per heavy atom. The number of methoxy groups -OCH3 is 1. The summed E-state index contributed by atoms with van der Waals surface area (Å²) in [6.45, 7) is 6.07. The predicted octanol–water partition coefficient (Wildman–Crippen LogP) is 3.01. The Balaban J connectivity index is 1.50. The van der Waals surface area contributed by atoms with Crippen LogP contribution in [0.5, 0.6) is 0 Å². The molecule has 0 unspecified atom stereocenters. The van der Waals surface area contributed by atoms with Crippen molar-refractivity contribution in [2.75, 3.05) is 38.2 Å². The first kappa shape index (κ1) is 22.4. The molecule has 4 rings (SSSR count). The van der Waals surface area contributed by atoms with Gasteiger partial charge in [0.1, 0.15) is 5.02 Å². The van der Waals surface area contributed by atoms with E-state index in [-0.39, 0.29) is 10.6 Å². The summed E-state index contributed by atoms with van der Waals surface area (Å²) in [4.78, 5) is 34.2. The van der Waals surface area contributed by atoms with Crippen LogP contribution in [0.4, 0.5) is 5.69 Å². The number of benzene rings is 1. The molecule has 1 aliphatic heterocycles. The molecule has 3 heterocycles. The van der Waals surface area contributed by atoms with Crippen molar-refractivity contribution in [2.45, 2.75) is 19.9 Å². The molecule has 1 fully saturated rings. The van der Waals surface area contributed by atoms with Crippen LogP contribution in [0.3, 0.4) is 0 Å². The predicted molar refractivity (Wildman–Crippen MR) is 125 cm³/mol. The molecule has 0 aliphatic carbocycles. The number of hydrogen-bond acceptors (Lipinski definition) is 8. The van der Waals surface area contributed by atoms with Gasteiger partial charge in [-0.3, -0.25) is 9.69 Å². The lowest BCUT2D eigenvalue weighted by Gasteiger charge is -2.35. The first-order chi connectivity index (χ1) is 15.5. The topological polar surface area (TPSA) is 80.6 Å². The number of carbonyl (C=O) groups excluding carboxylic acids is 1. The summed E-state index contributed by atoms with van der Waals surface area (Å²) in [5.74, 6) is -0.545. The number of rotatable bonds is 6. The average molecular weight is 474 g/mol. The third-order valence-electron chi connectivity index (χ3n) is 5.44. The fraction of sp³-hybridized carbons (Fsp3) is 0.364. The number of aryl methyl sites for hydroxylation is 1. The molecule has 3 aromatic rings. The molecule has 1 saturated heterocycles. The van der Waals surface area contributed by atoms with Crippen molar-refractivity contribution in [1.82, 2.24) is 19.7 Å². The van der Waals surface area contributed by atoms with Gasteiger partial charge in [0.05, 0.1) is 40.9 Å². The Morgan fingerprint density at radius 3 is 2.62 bits per heavy atom. The van der Waals surface area contributed by atoms with Gasteiger partial charge in [-0.2, -0.15) is 9.78 Å². The van der Waals surface area contributed by atoms with Crippen molar-refractivity contribution in [3.63, 3.8) is 0 Å². The molecule has 2 aromatic heterocycles. The summed E-state index contributed by atoms with van der Waals surface area (Å²) in [5.41, 5.74) is 1.81. The fourth-order valence-corrected chi connectivity index (χ4v) is 4.70. The zero-order valence-corrected chi connectivity index (χ0v) is 19.5. The third kappa shape index (κ3) is 4.55. The fourth-order valence-electron chi connectivity index (χ4n) is 3.72. The molecule has 0 N–H and O–H groups in total. The normalized spacial score (nSPS) is 14.5. The van der Waals surface area contributed by atoms with E-state index in [9.17, 15) is 9.59 Å². The minimum Gasteiger partial charge on any atom is -0.465 e. The molecule has 10 heteroatoms. The van der Waals surface area contributed by atoms with Crippen molar-refractivity contribution >= 4 is 34.6 Å². The highest BCUT2D eigenvalue weighted by Gasteiger charge is 2.23. The van der Waals surface area contributed by atoms with Crippen LogP contribution in [-0.2, 0) is 17.7 Å². The molecule has 0 amide bonds. The summed E-state index contributed by atoms with van der Waals surface area (Å²) in [5, 5.41) is 7.67. The maximum atomic E-state index is 13.0. The van der Waals surface area contributed by atoms with E-state index in [2.05, 4.69) is 32.2 Å². The molecule has 0 spiro atoms. The number of esters is 1. The van der Waals surface area contributed by atoms with E-state index in [0.717, 1.165) is 54.5 Å². The SMILES string of the molecule is CCc1nc(CN2CCN(c3cnn(-c4ccccc4C(=O)OC)c(=O)c3Cl)CC2)cs1. The third-order valence-corrected chi connectivity index (χ3v) is 6.84. The van der Waals surface area contributed by atoms with E-state index in [4.69, 9.17) is 16.3 Å². The van der Waals surface area contributed by atoms with Crippen molar-refractivity contribution in [3.05, 3.63) is 67.5 Å². The van der Waals surface area contributed by atoms with Crippen molar-refractivity contribution < 1.29 is 9.53 Å². The molecule has 8 nitrogen and oxygen atoms in total. The van der Waals surface area contributed by atoms with Gasteiger partial charge in [-0.1, -0.05) is 30.7 Å². The number of para-hydroxylation sites is 1. The van der Waals surface area contributed by atoms with Gasteiger partial charge in [0.15, 0.2) is 0 Å². The quantitative estimate of drug-likeness (QED) is 0.509. The molecule has 0 atom stereocenters. The minimum atomic E-state index is -0.545. The number of anilines is 1. The average Bonchev–Trinajstić information content (AvgIpc) is 3.28. The van der Waals surface area contributed by atoms with E-state index in [1.807, 2.05) is 0 Å². The van der Waals surface area contributed by atoms with Crippen LogP contribution < -0.4 is 10.5 Å². The Kier molecular flexibility index (Phi) is 6.88. The number of ether oxygens (including phenoxy) is 1. The Bertz CT molecular complexity index is 1170. The number of aromatic nitrogens is 3. The van der Waals surface area contributed by atoms with Gasteiger partial charge in [0.2, 0.25) is 0 Å². The molecular formula is C22H24ClN5O3S. The maximum absolute atomic E-state index is 13.0. The smallest absolute Gasteiger partial charge is 0.340 e. The minimum absolute atomic E-state index is 0.0835. The second-order valence-electron chi connectivity index (χ2n) is 7.42. The lowest BCUT2D eigenvalue weighted by Crippen LogP contribution is -2.46.